The predicted octanol–water partition coefficient (Wildman–Crippen LogP) is 7.89. The van der Waals surface area contributed by atoms with Crippen LogP contribution in [0.1, 0.15) is 115 Å². The minimum absolute atomic E-state index is 0.500. The molecule has 1 aromatic carbocycles. The van der Waals surface area contributed by atoms with E-state index < -0.39 is 0 Å². The lowest BCUT2D eigenvalue weighted by Crippen LogP contribution is -2.12. The number of unbranched alkanes of at least 4 members (excludes halogenated alkanes) is 5. The molecule has 140 valence electrons. The van der Waals surface area contributed by atoms with E-state index in [1.54, 1.807) is 0 Å². The summed E-state index contributed by atoms with van der Waals surface area (Å²) >= 11 is 0. The number of ether oxygens (including phenoxy) is 1. The standard InChI is InChI=1S/C24H38O/c1-7-8-9-10-11-12-13-20-14-22-15-21(17(2)3)16-23(18(4)5)24(22)25-19(20)6/h15-18H,7-14H2,1-6H3. The average molecular weight is 343 g/mol. The van der Waals surface area contributed by atoms with E-state index in [4.69, 9.17) is 4.74 Å². The third-order valence-corrected chi connectivity index (χ3v) is 5.49. The van der Waals surface area contributed by atoms with Gasteiger partial charge in [0.05, 0.1) is 0 Å². The summed E-state index contributed by atoms with van der Waals surface area (Å²) in [5.74, 6) is 3.36. The zero-order chi connectivity index (χ0) is 18.4. The summed E-state index contributed by atoms with van der Waals surface area (Å²) in [6.07, 6.45) is 10.4. The highest BCUT2D eigenvalue weighted by atomic mass is 16.5. The molecule has 0 N–H and O–H groups in total. The number of hydrogen-bond acceptors (Lipinski definition) is 1. The molecule has 0 saturated heterocycles. The van der Waals surface area contributed by atoms with Gasteiger partial charge in [0.2, 0.25) is 0 Å². The molecule has 0 saturated carbocycles. The first kappa shape index (κ1) is 20.1. The van der Waals surface area contributed by atoms with Crippen molar-refractivity contribution in [2.24, 2.45) is 0 Å². The van der Waals surface area contributed by atoms with Crippen molar-refractivity contribution in [2.45, 2.75) is 105 Å². The molecule has 0 aromatic heterocycles. The van der Waals surface area contributed by atoms with Crippen molar-refractivity contribution in [3.8, 4) is 5.75 Å². The maximum absolute atomic E-state index is 6.35. The van der Waals surface area contributed by atoms with Crippen LogP contribution in [0.25, 0.3) is 0 Å². The summed E-state index contributed by atoms with van der Waals surface area (Å²) in [4.78, 5) is 0. The second kappa shape index (κ2) is 9.46. The average Bonchev–Trinajstić information content (AvgIpc) is 2.57. The highest BCUT2D eigenvalue weighted by molar-refractivity contribution is 5.51. The Labute approximate surface area is 155 Å². The summed E-state index contributed by atoms with van der Waals surface area (Å²) < 4.78 is 6.35. The monoisotopic (exact) mass is 342 g/mol. The van der Waals surface area contributed by atoms with Crippen LogP contribution in [0, 0.1) is 0 Å². The number of allylic oxidation sites excluding steroid dienone is 2. The molecule has 1 heteroatoms. The minimum Gasteiger partial charge on any atom is -0.461 e. The Morgan fingerprint density at radius 1 is 0.920 bits per heavy atom. The van der Waals surface area contributed by atoms with Crippen molar-refractivity contribution in [3.63, 3.8) is 0 Å². The van der Waals surface area contributed by atoms with Crippen molar-refractivity contribution in [1.82, 2.24) is 0 Å². The number of rotatable bonds is 9. The van der Waals surface area contributed by atoms with Gasteiger partial charge in [-0.25, -0.2) is 0 Å². The van der Waals surface area contributed by atoms with Gasteiger partial charge >= 0.3 is 0 Å². The first-order chi connectivity index (χ1) is 11.9. The Hall–Kier alpha value is -1.24. The molecule has 0 spiro atoms. The highest BCUT2D eigenvalue weighted by Crippen LogP contribution is 2.40. The molecule has 1 heterocycles. The van der Waals surface area contributed by atoms with Crippen LogP contribution in [0.5, 0.6) is 5.75 Å². The van der Waals surface area contributed by atoms with E-state index in [0.717, 1.165) is 17.9 Å². The third kappa shape index (κ3) is 5.36. The van der Waals surface area contributed by atoms with Crippen LogP contribution in [0.2, 0.25) is 0 Å². The highest BCUT2D eigenvalue weighted by Gasteiger charge is 2.22. The molecule has 0 atom stereocenters. The van der Waals surface area contributed by atoms with Crippen LogP contribution in [0.3, 0.4) is 0 Å². The fourth-order valence-electron chi connectivity index (χ4n) is 3.72. The van der Waals surface area contributed by atoms with Crippen molar-refractivity contribution in [2.75, 3.05) is 0 Å². The Balaban J connectivity index is 2.08. The molecule has 1 aliphatic rings. The van der Waals surface area contributed by atoms with Gasteiger partial charge < -0.3 is 4.74 Å². The molecule has 1 aromatic rings. The van der Waals surface area contributed by atoms with Crippen molar-refractivity contribution >= 4 is 0 Å². The van der Waals surface area contributed by atoms with Crippen LogP contribution < -0.4 is 4.74 Å². The van der Waals surface area contributed by atoms with Gasteiger partial charge in [0.15, 0.2) is 0 Å². The molecule has 0 aliphatic carbocycles. The largest absolute Gasteiger partial charge is 0.461 e. The quantitative estimate of drug-likeness (QED) is 0.414. The van der Waals surface area contributed by atoms with Gasteiger partial charge in [-0.2, -0.15) is 0 Å². The summed E-state index contributed by atoms with van der Waals surface area (Å²) in [5, 5.41) is 0. The summed E-state index contributed by atoms with van der Waals surface area (Å²) in [7, 11) is 0. The van der Waals surface area contributed by atoms with Crippen LogP contribution in [0.4, 0.5) is 0 Å². The van der Waals surface area contributed by atoms with Crippen LogP contribution in [-0.4, -0.2) is 0 Å². The Bertz CT molecular complexity index is 592. The molecule has 0 bridgehead atoms. The van der Waals surface area contributed by atoms with Gasteiger partial charge in [-0.3, -0.25) is 0 Å². The zero-order valence-electron chi connectivity index (χ0n) is 17.4. The lowest BCUT2D eigenvalue weighted by molar-refractivity contribution is 0.391. The fraction of sp³-hybridized carbons (Fsp3) is 0.667. The smallest absolute Gasteiger partial charge is 0.133 e. The Kier molecular flexibility index (Phi) is 7.59. The normalized spacial score (nSPS) is 14.2. The summed E-state index contributed by atoms with van der Waals surface area (Å²) in [5.41, 5.74) is 5.74. The SMILES string of the molecule is CCCCCCCCC1=C(C)Oc2c(cc(C(C)C)cc2C(C)C)C1. The maximum Gasteiger partial charge on any atom is 0.133 e. The van der Waals surface area contributed by atoms with E-state index in [0.29, 0.717) is 11.8 Å². The van der Waals surface area contributed by atoms with Crippen LogP contribution in [0.15, 0.2) is 23.5 Å². The van der Waals surface area contributed by atoms with E-state index >= 15 is 0 Å². The molecule has 25 heavy (non-hydrogen) atoms. The molecular weight excluding hydrogens is 304 g/mol. The van der Waals surface area contributed by atoms with E-state index in [1.165, 1.54) is 67.2 Å². The van der Waals surface area contributed by atoms with E-state index in [2.05, 4.69) is 53.7 Å². The lowest BCUT2D eigenvalue weighted by atomic mass is 9.87. The number of fused-ring (bicyclic) bond motifs is 1. The third-order valence-electron chi connectivity index (χ3n) is 5.49. The maximum atomic E-state index is 6.35. The topological polar surface area (TPSA) is 9.23 Å². The Morgan fingerprint density at radius 3 is 2.24 bits per heavy atom. The molecule has 0 radical (unpaired) electrons. The van der Waals surface area contributed by atoms with Gasteiger partial charge in [-0.05, 0) is 53.9 Å². The van der Waals surface area contributed by atoms with Crippen LogP contribution in [-0.2, 0) is 6.42 Å². The molecule has 2 rings (SSSR count). The van der Waals surface area contributed by atoms with Crippen LogP contribution >= 0.6 is 0 Å². The Morgan fingerprint density at radius 2 is 1.60 bits per heavy atom. The van der Waals surface area contributed by atoms with E-state index in [9.17, 15) is 0 Å². The predicted molar refractivity (Wildman–Crippen MR) is 110 cm³/mol. The lowest BCUT2D eigenvalue weighted by Gasteiger charge is -2.27. The van der Waals surface area contributed by atoms with Gasteiger partial charge in [-0.1, -0.05) is 78.9 Å². The second-order valence-electron chi connectivity index (χ2n) is 8.36. The van der Waals surface area contributed by atoms with E-state index in [-0.39, 0.29) is 0 Å². The van der Waals surface area contributed by atoms with Gasteiger partial charge in [0.25, 0.3) is 0 Å². The van der Waals surface area contributed by atoms with Crippen molar-refractivity contribution in [1.29, 1.82) is 0 Å². The van der Waals surface area contributed by atoms with Crippen molar-refractivity contribution in [3.05, 3.63) is 40.2 Å². The first-order valence-electron chi connectivity index (χ1n) is 10.5. The van der Waals surface area contributed by atoms with E-state index in [1.807, 2.05) is 0 Å². The molecule has 0 fully saturated rings. The summed E-state index contributed by atoms with van der Waals surface area (Å²) in [6, 6.07) is 4.75. The minimum atomic E-state index is 0.500. The van der Waals surface area contributed by atoms with Gasteiger partial charge in [-0.15, -0.1) is 0 Å². The molecule has 1 nitrogen and oxygen atoms in total. The molecule has 1 aliphatic heterocycles. The van der Waals surface area contributed by atoms with Crippen molar-refractivity contribution < 1.29 is 4.74 Å². The second-order valence-corrected chi connectivity index (χ2v) is 8.36. The molecular formula is C24H38O. The molecule has 0 amide bonds. The number of hydrogen-bond donors (Lipinski definition) is 0. The number of benzene rings is 1. The fourth-order valence-corrected chi connectivity index (χ4v) is 3.72. The molecule has 0 unspecified atom stereocenters. The van der Waals surface area contributed by atoms with Gasteiger partial charge in [0, 0.05) is 6.42 Å². The van der Waals surface area contributed by atoms with Gasteiger partial charge in [0.1, 0.15) is 11.5 Å². The summed E-state index contributed by atoms with van der Waals surface area (Å²) in [6.45, 7) is 13.6. The zero-order valence-corrected chi connectivity index (χ0v) is 17.4. The first-order valence-corrected chi connectivity index (χ1v) is 10.5.